The van der Waals surface area contributed by atoms with Gasteiger partial charge in [0, 0.05) is 0 Å². The third kappa shape index (κ3) is 4.75. The Morgan fingerprint density at radius 2 is 1.77 bits per heavy atom. The van der Waals surface area contributed by atoms with Crippen molar-refractivity contribution in [2.24, 2.45) is 5.10 Å². The zero-order chi connectivity index (χ0) is 19.1. The number of aromatic nitrogens is 1. The number of pyridine rings is 1. The molecule has 0 aliphatic rings. The summed E-state index contributed by atoms with van der Waals surface area (Å²) in [5.41, 5.74) is 6.21. The van der Waals surface area contributed by atoms with E-state index in [9.17, 15) is 9.59 Å². The number of benzene rings is 1. The summed E-state index contributed by atoms with van der Waals surface area (Å²) in [7, 11) is 0. The summed E-state index contributed by atoms with van der Waals surface area (Å²) in [5, 5.41) is 3.98. The van der Waals surface area contributed by atoms with Gasteiger partial charge in [-0.25, -0.2) is 10.2 Å². The lowest BCUT2D eigenvalue weighted by Gasteiger charge is -2.09. The van der Waals surface area contributed by atoms with Crippen molar-refractivity contribution in [1.29, 1.82) is 0 Å². The Morgan fingerprint density at radius 1 is 1.12 bits per heavy atom. The van der Waals surface area contributed by atoms with Crippen molar-refractivity contribution in [2.75, 3.05) is 6.61 Å². The van der Waals surface area contributed by atoms with Crippen molar-refractivity contribution < 1.29 is 14.3 Å². The Morgan fingerprint density at radius 3 is 2.38 bits per heavy atom. The zero-order valence-electron chi connectivity index (χ0n) is 15.5. The molecule has 0 aliphatic heterocycles. The highest BCUT2D eigenvalue weighted by Gasteiger charge is 2.17. The Balaban J connectivity index is 2.14. The monoisotopic (exact) mass is 353 g/mol. The molecule has 1 aromatic heterocycles. The van der Waals surface area contributed by atoms with E-state index in [1.54, 1.807) is 27.0 Å². The number of rotatable bonds is 6. The molecule has 0 unspecified atom stereocenters. The molecule has 0 bridgehead atoms. The summed E-state index contributed by atoms with van der Waals surface area (Å²) in [6.45, 7) is 7.49. The van der Waals surface area contributed by atoms with Crippen LogP contribution >= 0.6 is 0 Å². The van der Waals surface area contributed by atoms with Crippen LogP contribution in [0.15, 0.2) is 35.4 Å². The lowest BCUT2D eigenvalue weighted by molar-refractivity contribution is 0.0525. The molecule has 26 heavy (non-hydrogen) atoms. The van der Waals surface area contributed by atoms with Crippen LogP contribution in [0.2, 0.25) is 0 Å². The van der Waals surface area contributed by atoms with E-state index in [-0.39, 0.29) is 17.7 Å². The maximum atomic E-state index is 12.4. The topological polar surface area (TPSA) is 80.7 Å². The van der Waals surface area contributed by atoms with Crippen LogP contribution in [0, 0.1) is 13.8 Å². The number of hydrazone groups is 1. The maximum absolute atomic E-state index is 12.4. The second-order valence-corrected chi connectivity index (χ2v) is 5.77. The van der Waals surface area contributed by atoms with Gasteiger partial charge in [0.15, 0.2) is 0 Å². The van der Waals surface area contributed by atoms with E-state index in [0.29, 0.717) is 11.4 Å². The molecule has 1 N–H and O–H groups in total. The first-order valence-corrected chi connectivity index (χ1v) is 8.54. The number of amides is 1. The minimum Gasteiger partial charge on any atom is -0.462 e. The van der Waals surface area contributed by atoms with Gasteiger partial charge in [0.25, 0.3) is 5.91 Å². The summed E-state index contributed by atoms with van der Waals surface area (Å²) in [5.74, 6) is -0.923. The lowest BCUT2D eigenvalue weighted by Crippen LogP contribution is -2.21. The van der Waals surface area contributed by atoms with Crippen LogP contribution in [-0.4, -0.2) is 29.7 Å². The zero-order valence-corrected chi connectivity index (χ0v) is 15.5. The van der Waals surface area contributed by atoms with Gasteiger partial charge in [-0.05, 0) is 44.4 Å². The van der Waals surface area contributed by atoms with Gasteiger partial charge in [-0.1, -0.05) is 31.2 Å². The van der Waals surface area contributed by atoms with E-state index in [1.165, 1.54) is 11.6 Å². The van der Waals surface area contributed by atoms with E-state index in [1.807, 2.05) is 24.3 Å². The summed E-state index contributed by atoms with van der Waals surface area (Å²) >= 11 is 0. The first-order valence-electron chi connectivity index (χ1n) is 8.54. The average Bonchev–Trinajstić information content (AvgIpc) is 2.62. The van der Waals surface area contributed by atoms with Crippen LogP contribution in [-0.2, 0) is 11.2 Å². The van der Waals surface area contributed by atoms with Gasteiger partial charge < -0.3 is 4.74 Å². The van der Waals surface area contributed by atoms with E-state index in [0.717, 1.165) is 12.0 Å². The van der Waals surface area contributed by atoms with Gasteiger partial charge in [0.05, 0.1) is 35.3 Å². The fraction of sp³-hybridized carbons (Fsp3) is 0.300. The van der Waals surface area contributed by atoms with Crippen LogP contribution in [0.5, 0.6) is 0 Å². The maximum Gasteiger partial charge on any atom is 0.339 e. The molecular formula is C20H23N3O3. The quantitative estimate of drug-likeness (QED) is 0.491. The molecule has 0 saturated carbocycles. The predicted octanol–water partition coefficient (Wildman–Crippen LogP) is 3.20. The minimum atomic E-state index is -0.494. The van der Waals surface area contributed by atoms with E-state index in [4.69, 9.17) is 4.74 Å². The van der Waals surface area contributed by atoms with Gasteiger partial charge in [0.2, 0.25) is 0 Å². The highest BCUT2D eigenvalue weighted by Crippen LogP contribution is 2.14. The number of esters is 1. The molecule has 6 nitrogen and oxygen atoms in total. The summed E-state index contributed by atoms with van der Waals surface area (Å²) in [6.07, 6.45) is 2.54. The van der Waals surface area contributed by atoms with Crippen LogP contribution in [0.25, 0.3) is 0 Å². The molecule has 0 saturated heterocycles. The number of aryl methyl sites for hydroxylation is 3. The van der Waals surface area contributed by atoms with Gasteiger partial charge >= 0.3 is 5.97 Å². The molecule has 1 heterocycles. The number of nitrogens with zero attached hydrogens (tertiary/aromatic N) is 2. The SMILES string of the molecule is CCOC(=O)c1cc(C(=O)N/N=C/c2ccc(CC)cc2)c(C)nc1C. The smallest absolute Gasteiger partial charge is 0.339 e. The Hall–Kier alpha value is -3.02. The highest BCUT2D eigenvalue weighted by atomic mass is 16.5. The van der Waals surface area contributed by atoms with E-state index in [2.05, 4.69) is 22.4 Å². The number of hydrogen-bond donors (Lipinski definition) is 1. The third-order valence-corrected chi connectivity index (χ3v) is 3.91. The largest absolute Gasteiger partial charge is 0.462 e. The van der Waals surface area contributed by atoms with Gasteiger partial charge in [0.1, 0.15) is 0 Å². The Kier molecular flexibility index (Phi) is 6.60. The van der Waals surface area contributed by atoms with Crippen LogP contribution in [0.1, 0.15) is 57.1 Å². The lowest BCUT2D eigenvalue weighted by atomic mass is 10.1. The second-order valence-electron chi connectivity index (χ2n) is 5.77. The molecule has 0 aliphatic carbocycles. The molecule has 2 aromatic rings. The Bertz CT molecular complexity index is 827. The van der Waals surface area contributed by atoms with Crippen molar-refractivity contribution in [3.8, 4) is 0 Å². The molecule has 136 valence electrons. The highest BCUT2D eigenvalue weighted by molar-refractivity contribution is 5.99. The summed E-state index contributed by atoms with van der Waals surface area (Å²) in [6, 6.07) is 9.40. The van der Waals surface area contributed by atoms with Crippen LogP contribution in [0.4, 0.5) is 0 Å². The molecule has 0 fully saturated rings. The molecule has 0 spiro atoms. The first-order chi connectivity index (χ1) is 12.5. The fourth-order valence-electron chi connectivity index (χ4n) is 2.44. The molecule has 6 heteroatoms. The van der Waals surface area contributed by atoms with Crippen LogP contribution in [0.3, 0.4) is 0 Å². The third-order valence-electron chi connectivity index (χ3n) is 3.91. The van der Waals surface area contributed by atoms with Crippen molar-refractivity contribution in [3.63, 3.8) is 0 Å². The van der Waals surface area contributed by atoms with E-state index < -0.39 is 11.9 Å². The number of nitrogens with one attached hydrogen (secondary N) is 1. The van der Waals surface area contributed by atoms with Crippen molar-refractivity contribution >= 4 is 18.1 Å². The Labute approximate surface area is 153 Å². The second kappa shape index (κ2) is 8.89. The van der Waals surface area contributed by atoms with Gasteiger partial charge in [-0.15, -0.1) is 0 Å². The van der Waals surface area contributed by atoms with Gasteiger partial charge in [-0.3, -0.25) is 9.78 Å². The normalized spacial score (nSPS) is 10.8. The van der Waals surface area contributed by atoms with Crippen LogP contribution < -0.4 is 5.43 Å². The average molecular weight is 353 g/mol. The summed E-state index contributed by atoms with van der Waals surface area (Å²) in [4.78, 5) is 28.6. The van der Waals surface area contributed by atoms with Crippen molar-refractivity contribution in [2.45, 2.75) is 34.1 Å². The van der Waals surface area contributed by atoms with E-state index >= 15 is 0 Å². The van der Waals surface area contributed by atoms with Crippen molar-refractivity contribution in [1.82, 2.24) is 10.4 Å². The number of carbonyl (C=O) groups is 2. The molecule has 0 radical (unpaired) electrons. The predicted molar refractivity (Wildman–Crippen MR) is 101 cm³/mol. The number of carbonyl (C=O) groups excluding carboxylic acids is 2. The van der Waals surface area contributed by atoms with Gasteiger partial charge in [-0.2, -0.15) is 5.10 Å². The molecule has 0 atom stereocenters. The number of ether oxygens (including phenoxy) is 1. The first kappa shape index (κ1) is 19.3. The standard InChI is InChI=1S/C20H23N3O3/c1-5-15-7-9-16(10-8-15)12-21-23-19(24)17-11-18(20(25)26-6-2)14(4)22-13(17)3/h7-12H,5-6H2,1-4H3,(H,23,24)/b21-12+. The fourth-order valence-corrected chi connectivity index (χ4v) is 2.44. The summed E-state index contributed by atoms with van der Waals surface area (Å²) < 4.78 is 5.00. The number of hydrogen-bond acceptors (Lipinski definition) is 5. The minimum absolute atomic E-state index is 0.259. The molecule has 2 rings (SSSR count). The molecule has 1 amide bonds. The van der Waals surface area contributed by atoms with Crippen molar-refractivity contribution in [3.05, 3.63) is 64.0 Å². The molecular weight excluding hydrogens is 330 g/mol. The molecule has 1 aromatic carbocycles.